The van der Waals surface area contributed by atoms with Crippen LogP contribution in [-0.2, 0) is 10.8 Å². The first-order chi connectivity index (χ1) is 10.9. The summed E-state index contributed by atoms with van der Waals surface area (Å²) >= 11 is 0. The summed E-state index contributed by atoms with van der Waals surface area (Å²) in [7, 11) is 0.887. The van der Waals surface area contributed by atoms with Crippen LogP contribution < -0.4 is 15.4 Å². The van der Waals surface area contributed by atoms with Gasteiger partial charge in [-0.2, -0.15) is 0 Å². The summed E-state index contributed by atoms with van der Waals surface area (Å²) in [5, 5.41) is 6.69. The van der Waals surface area contributed by atoms with E-state index in [1.165, 1.54) is 0 Å². The highest BCUT2D eigenvalue weighted by molar-refractivity contribution is 14.0. The molecule has 0 fully saturated rings. The highest BCUT2D eigenvalue weighted by Crippen LogP contribution is 2.31. The summed E-state index contributed by atoms with van der Waals surface area (Å²) in [4.78, 5) is 4.27. The monoisotopic (exact) mass is 465 g/mol. The maximum atomic E-state index is 12.1. The molecule has 0 aromatic heterocycles. The molecule has 1 aliphatic heterocycles. The van der Waals surface area contributed by atoms with Gasteiger partial charge in [0.05, 0.1) is 12.6 Å². The molecule has 1 aromatic rings. The molecule has 1 aromatic carbocycles. The molecule has 0 bridgehead atoms. The largest absolute Gasteiger partial charge is 0.493 e. The molecule has 2 atom stereocenters. The van der Waals surface area contributed by atoms with Crippen molar-refractivity contribution in [1.82, 2.24) is 10.6 Å². The number of benzene rings is 1. The molecule has 2 N–H and O–H groups in total. The molecule has 0 saturated carbocycles. The lowest BCUT2D eigenvalue weighted by molar-refractivity contribution is 0.261. The lowest BCUT2D eigenvalue weighted by Crippen LogP contribution is -2.43. The Morgan fingerprint density at radius 1 is 1.38 bits per heavy atom. The van der Waals surface area contributed by atoms with Gasteiger partial charge in [-0.15, -0.1) is 24.0 Å². The maximum Gasteiger partial charge on any atom is 0.191 e. The molecule has 7 heteroatoms. The molecule has 1 aliphatic rings. The van der Waals surface area contributed by atoms with Crippen LogP contribution in [0.4, 0.5) is 0 Å². The molecule has 0 spiro atoms. The van der Waals surface area contributed by atoms with Gasteiger partial charge in [-0.3, -0.25) is 9.20 Å². The number of guanidine groups is 1. The number of fused-ring (bicyclic) bond motifs is 1. The number of ether oxygens (including phenoxy) is 1. The third-order valence-corrected chi connectivity index (χ3v) is 5.70. The van der Waals surface area contributed by atoms with Crippen molar-refractivity contribution in [3.63, 3.8) is 0 Å². The van der Waals surface area contributed by atoms with E-state index in [0.717, 1.165) is 23.7 Å². The Kier molecular flexibility index (Phi) is 8.49. The standard InChI is InChI=1S/C17H27N3O2S.HI/c1-17(2,3)23(21)12-10-19-16(18-4)20-14-9-11-22-15-8-6-5-7-13(14)15;/h5-8,14H,9-12H2,1-4H3,(H2,18,19,20);1H. The Hall–Kier alpha value is -0.830. The van der Waals surface area contributed by atoms with Crippen molar-refractivity contribution in [1.29, 1.82) is 0 Å². The van der Waals surface area contributed by atoms with E-state index in [4.69, 9.17) is 4.74 Å². The van der Waals surface area contributed by atoms with Crippen molar-refractivity contribution in [3.8, 4) is 5.75 Å². The van der Waals surface area contributed by atoms with Gasteiger partial charge in [-0.1, -0.05) is 18.2 Å². The van der Waals surface area contributed by atoms with Crippen LogP contribution >= 0.6 is 24.0 Å². The summed E-state index contributed by atoms with van der Waals surface area (Å²) in [6.07, 6.45) is 0.894. The first kappa shape index (κ1) is 21.2. The zero-order valence-corrected chi connectivity index (χ0v) is 17.9. The number of halogens is 1. The number of nitrogens with one attached hydrogen (secondary N) is 2. The van der Waals surface area contributed by atoms with E-state index in [2.05, 4.69) is 21.7 Å². The van der Waals surface area contributed by atoms with Gasteiger partial charge in [0, 0.05) is 46.9 Å². The van der Waals surface area contributed by atoms with Crippen LogP contribution in [0, 0.1) is 0 Å². The molecule has 2 rings (SSSR count). The van der Waals surface area contributed by atoms with E-state index in [1.54, 1.807) is 7.05 Å². The quantitative estimate of drug-likeness (QED) is 0.408. The number of nitrogens with zero attached hydrogens (tertiary/aromatic N) is 1. The van der Waals surface area contributed by atoms with Crippen molar-refractivity contribution >= 4 is 40.7 Å². The van der Waals surface area contributed by atoms with Gasteiger partial charge in [0.15, 0.2) is 5.96 Å². The number of hydrogen-bond acceptors (Lipinski definition) is 3. The van der Waals surface area contributed by atoms with Crippen LogP contribution in [-0.4, -0.2) is 40.9 Å². The van der Waals surface area contributed by atoms with E-state index >= 15 is 0 Å². The lowest BCUT2D eigenvalue weighted by atomic mass is 10.0. The molecular formula is C17H28IN3O2S. The second-order valence-corrected chi connectivity index (χ2v) is 8.86. The minimum absolute atomic E-state index is 0. The second-order valence-electron chi connectivity index (χ2n) is 6.53. The Morgan fingerprint density at radius 3 is 2.75 bits per heavy atom. The summed E-state index contributed by atoms with van der Waals surface area (Å²) in [6.45, 7) is 7.31. The van der Waals surface area contributed by atoms with Crippen LogP contribution in [0.25, 0.3) is 0 Å². The average Bonchev–Trinajstić information content (AvgIpc) is 2.53. The first-order valence-corrected chi connectivity index (χ1v) is 9.31. The number of para-hydroxylation sites is 1. The van der Waals surface area contributed by atoms with Crippen molar-refractivity contribution in [3.05, 3.63) is 29.8 Å². The van der Waals surface area contributed by atoms with E-state index in [0.29, 0.717) is 18.9 Å². The summed E-state index contributed by atoms with van der Waals surface area (Å²) in [5.74, 6) is 2.27. The molecule has 24 heavy (non-hydrogen) atoms. The van der Waals surface area contributed by atoms with Crippen molar-refractivity contribution < 1.29 is 8.95 Å². The van der Waals surface area contributed by atoms with Crippen molar-refractivity contribution in [2.45, 2.75) is 38.0 Å². The molecule has 0 amide bonds. The van der Waals surface area contributed by atoms with E-state index in [1.807, 2.05) is 39.0 Å². The highest BCUT2D eigenvalue weighted by Gasteiger charge is 2.22. The average molecular weight is 465 g/mol. The fourth-order valence-electron chi connectivity index (χ4n) is 2.42. The zero-order valence-electron chi connectivity index (χ0n) is 14.8. The Bertz CT molecular complexity index is 587. The van der Waals surface area contributed by atoms with Gasteiger partial charge < -0.3 is 15.4 Å². The van der Waals surface area contributed by atoms with Crippen LogP contribution in [0.5, 0.6) is 5.75 Å². The molecule has 136 valence electrons. The molecule has 0 radical (unpaired) electrons. The predicted octanol–water partition coefficient (Wildman–Crippen LogP) is 2.84. The molecule has 0 saturated heterocycles. The number of aliphatic imine (C=N–C) groups is 1. The first-order valence-electron chi connectivity index (χ1n) is 7.99. The third-order valence-electron chi connectivity index (χ3n) is 3.76. The van der Waals surface area contributed by atoms with Crippen LogP contribution in [0.2, 0.25) is 0 Å². The van der Waals surface area contributed by atoms with Crippen molar-refractivity contribution in [2.75, 3.05) is 26.0 Å². The van der Waals surface area contributed by atoms with Gasteiger partial charge in [0.25, 0.3) is 0 Å². The van der Waals surface area contributed by atoms with Crippen LogP contribution in [0.15, 0.2) is 29.3 Å². The lowest BCUT2D eigenvalue weighted by Gasteiger charge is -2.28. The Morgan fingerprint density at radius 2 is 2.08 bits per heavy atom. The summed E-state index contributed by atoms with van der Waals surface area (Å²) in [5.41, 5.74) is 1.15. The van der Waals surface area contributed by atoms with Gasteiger partial charge in [0.2, 0.25) is 0 Å². The second kappa shape index (κ2) is 9.60. The van der Waals surface area contributed by atoms with Crippen molar-refractivity contribution in [2.24, 2.45) is 4.99 Å². The third kappa shape index (κ3) is 5.91. The Labute approximate surface area is 164 Å². The molecule has 2 unspecified atom stereocenters. The normalized spacial score (nSPS) is 18.7. The fraction of sp³-hybridized carbons (Fsp3) is 0.588. The molecule has 0 aliphatic carbocycles. The highest BCUT2D eigenvalue weighted by atomic mass is 127. The minimum atomic E-state index is -0.864. The zero-order chi connectivity index (χ0) is 16.9. The minimum Gasteiger partial charge on any atom is -0.493 e. The van der Waals surface area contributed by atoms with E-state index in [-0.39, 0.29) is 34.8 Å². The maximum absolute atomic E-state index is 12.1. The van der Waals surface area contributed by atoms with Crippen LogP contribution in [0.3, 0.4) is 0 Å². The van der Waals surface area contributed by atoms with Gasteiger partial charge in [-0.25, -0.2) is 0 Å². The van der Waals surface area contributed by atoms with Gasteiger partial charge in [-0.05, 0) is 26.8 Å². The summed E-state index contributed by atoms with van der Waals surface area (Å²) in [6, 6.07) is 8.25. The topological polar surface area (TPSA) is 62.7 Å². The molecule has 1 heterocycles. The van der Waals surface area contributed by atoms with E-state index in [9.17, 15) is 4.21 Å². The smallest absolute Gasteiger partial charge is 0.191 e. The van der Waals surface area contributed by atoms with Crippen LogP contribution in [0.1, 0.15) is 38.8 Å². The predicted molar refractivity (Wildman–Crippen MR) is 112 cm³/mol. The summed E-state index contributed by atoms with van der Waals surface area (Å²) < 4.78 is 17.6. The van der Waals surface area contributed by atoms with Gasteiger partial charge in [0.1, 0.15) is 5.75 Å². The molecular weight excluding hydrogens is 437 g/mol. The number of hydrogen-bond donors (Lipinski definition) is 2. The molecule has 5 nitrogen and oxygen atoms in total. The number of rotatable bonds is 4. The Balaban J connectivity index is 0.00000288. The van der Waals surface area contributed by atoms with Gasteiger partial charge >= 0.3 is 0 Å². The fourth-order valence-corrected chi connectivity index (χ4v) is 3.32. The van der Waals surface area contributed by atoms with E-state index < -0.39 is 10.8 Å². The SMILES string of the molecule is CN=C(NCCS(=O)C(C)(C)C)NC1CCOc2ccccc21.I.